The van der Waals surface area contributed by atoms with Crippen molar-refractivity contribution in [3.05, 3.63) is 30.3 Å². The SMILES string of the molecule is CN(CCC(=O)O)C(=O)NC1CC(=O)N(c2ccccc2)C1. The second kappa shape index (κ2) is 6.93. The summed E-state index contributed by atoms with van der Waals surface area (Å²) in [5.74, 6) is -0.990. The van der Waals surface area contributed by atoms with E-state index >= 15 is 0 Å². The molecular formula is C15H19N3O4. The maximum Gasteiger partial charge on any atom is 0.317 e. The summed E-state index contributed by atoms with van der Waals surface area (Å²) in [5, 5.41) is 11.4. The van der Waals surface area contributed by atoms with Gasteiger partial charge in [0.1, 0.15) is 0 Å². The quantitative estimate of drug-likeness (QED) is 0.846. The summed E-state index contributed by atoms with van der Waals surface area (Å²) in [7, 11) is 1.53. The molecule has 1 fully saturated rings. The van der Waals surface area contributed by atoms with E-state index in [-0.39, 0.29) is 37.4 Å². The van der Waals surface area contributed by atoms with E-state index in [1.807, 2.05) is 30.3 Å². The minimum atomic E-state index is -0.953. The van der Waals surface area contributed by atoms with E-state index < -0.39 is 5.97 Å². The average Bonchev–Trinajstić information content (AvgIpc) is 2.86. The monoisotopic (exact) mass is 305 g/mol. The lowest BCUT2D eigenvalue weighted by Gasteiger charge is -2.21. The number of carbonyl (C=O) groups is 3. The first-order valence-corrected chi connectivity index (χ1v) is 7.06. The number of nitrogens with zero attached hydrogens (tertiary/aromatic N) is 2. The first-order valence-electron chi connectivity index (χ1n) is 7.06. The fraction of sp³-hybridized carbons (Fsp3) is 0.400. The van der Waals surface area contributed by atoms with Gasteiger partial charge in [-0.15, -0.1) is 0 Å². The molecule has 1 aromatic carbocycles. The Morgan fingerprint density at radius 1 is 1.36 bits per heavy atom. The van der Waals surface area contributed by atoms with E-state index in [2.05, 4.69) is 5.32 Å². The van der Waals surface area contributed by atoms with Crippen molar-refractivity contribution in [1.29, 1.82) is 0 Å². The highest BCUT2D eigenvalue weighted by molar-refractivity contribution is 5.96. The van der Waals surface area contributed by atoms with Crippen LogP contribution in [-0.4, -0.2) is 54.1 Å². The second-order valence-electron chi connectivity index (χ2n) is 5.26. The molecule has 1 saturated heterocycles. The van der Waals surface area contributed by atoms with E-state index in [0.29, 0.717) is 6.54 Å². The summed E-state index contributed by atoms with van der Waals surface area (Å²) < 4.78 is 0. The predicted molar refractivity (Wildman–Crippen MR) is 80.6 cm³/mol. The molecule has 0 bridgehead atoms. The van der Waals surface area contributed by atoms with E-state index in [0.717, 1.165) is 5.69 Å². The first-order chi connectivity index (χ1) is 10.5. The molecule has 1 aliphatic rings. The van der Waals surface area contributed by atoms with Gasteiger partial charge in [0.2, 0.25) is 5.91 Å². The van der Waals surface area contributed by atoms with Crippen molar-refractivity contribution in [2.45, 2.75) is 18.9 Å². The number of para-hydroxylation sites is 1. The fourth-order valence-corrected chi connectivity index (χ4v) is 2.31. The summed E-state index contributed by atoms with van der Waals surface area (Å²) in [4.78, 5) is 37.4. The van der Waals surface area contributed by atoms with Crippen molar-refractivity contribution in [3.63, 3.8) is 0 Å². The molecule has 2 N–H and O–H groups in total. The highest BCUT2D eigenvalue weighted by Crippen LogP contribution is 2.21. The van der Waals surface area contributed by atoms with Crippen molar-refractivity contribution in [3.8, 4) is 0 Å². The number of urea groups is 1. The van der Waals surface area contributed by atoms with Crippen molar-refractivity contribution >= 4 is 23.6 Å². The Morgan fingerprint density at radius 2 is 2.05 bits per heavy atom. The Morgan fingerprint density at radius 3 is 2.68 bits per heavy atom. The van der Waals surface area contributed by atoms with Gasteiger partial charge >= 0.3 is 12.0 Å². The van der Waals surface area contributed by atoms with Crippen LogP contribution in [0.4, 0.5) is 10.5 Å². The number of carbonyl (C=O) groups excluding carboxylic acids is 2. The molecule has 1 unspecified atom stereocenters. The van der Waals surface area contributed by atoms with Gasteiger partial charge in [-0.1, -0.05) is 18.2 Å². The summed E-state index contributed by atoms with van der Waals surface area (Å²) in [6.07, 6.45) is 0.136. The zero-order valence-corrected chi connectivity index (χ0v) is 12.4. The van der Waals surface area contributed by atoms with Crippen LogP contribution in [0.25, 0.3) is 0 Å². The molecule has 0 saturated carbocycles. The number of hydrogen-bond acceptors (Lipinski definition) is 3. The molecule has 7 nitrogen and oxygen atoms in total. The number of amides is 3. The highest BCUT2D eigenvalue weighted by Gasteiger charge is 2.31. The van der Waals surface area contributed by atoms with Crippen molar-refractivity contribution in [2.75, 3.05) is 25.0 Å². The number of anilines is 1. The van der Waals surface area contributed by atoms with Gasteiger partial charge in [-0.3, -0.25) is 9.59 Å². The van der Waals surface area contributed by atoms with Crippen molar-refractivity contribution < 1.29 is 19.5 Å². The third-order valence-corrected chi connectivity index (χ3v) is 3.53. The van der Waals surface area contributed by atoms with Crippen molar-refractivity contribution in [2.24, 2.45) is 0 Å². The number of hydrogen-bond donors (Lipinski definition) is 2. The van der Waals surface area contributed by atoms with Crippen LogP contribution in [0.3, 0.4) is 0 Å². The van der Waals surface area contributed by atoms with Gasteiger partial charge in [-0.05, 0) is 12.1 Å². The Kier molecular flexibility index (Phi) is 4.98. The summed E-state index contributed by atoms with van der Waals surface area (Å²) in [5.41, 5.74) is 0.809. The topological polar surface area (TPSA) is 90.0 Å². The van der Waals surface area contributed by atoms with Gasteiger partial charge in [-0.25, -0.2) is 4.79 Å². The predicted octanol–water partition coefficient (Wildman–Crippen LogP) is 0.908. The van der Waals surface area contributed by atoms with Gasteiger partial charge < -0.3 is 20.2 Å². The smallest absolute Gasteiger partial charge is 0.317 e. The maximum atomic E-state index is 12.0. The van der Waals surface area contributed by atoms with Gasteiger partial charge in [0.15, 0.2) is 0 Å². The lowest BCUT2D eigenvalue weighted by atomic mass is 10.2. The molecular weight excluding hydrogens is 286 g/mol. The molecule has 22 heavy (non-hydrogen) atoms. The molecule has 1 heterocycles. The largest absolute Gasteiger partial charge is 0.481 e. The zero-order chi connectivity index (χ0) is 16.1. The van der Waals surface area contributed by atoms with Gasteiger partial charge in [-0.2, -0.15) is 0 Å². The minimum Gasteiger partial charge on any atom is -0.481 e. The Bertz CT molecular complexity index is 561. The Hall–Kier alpha value is -2.57. The second-order valence-corrected chi connectivity index (χ2v) is 5.26. The molecule has 0 spiro atoms. The van der Waals surface area contributed by atoms with Gasteiger partial charge in [0.05, 0.1) is 12.5 Å². The fourth-order valence-electron chi connectivity index (χ4n) is 2.31. The molecule has 2 rings (SSSR count). The number of benzene rings is 1. The van der Waals surface area contributed by atoms with Crippen LogP contribution < -0.4 is 10.2 Å². The van der Waals surface area contributed by atoms with Crippen LogP contribution in [0.1, 0.15) is 12.8 Å². The standard InChI is InChI=1S/C15H19N3O4/c1-17(8-7-14(20)21)15(22)16-11-9-13(19)18(10-11)12-5-3-2-4-6-12/h2-6,11H,7-10H2,1H3,(H,16,22)(H,20,21). The molecule has 1 aromatic rings. The molecule has 0 aliphatic carbocycles. The van der Waals surface area contributed by atoms with Gasteiger partial charge in [0.25, 0.3) is 0 Å². The molecule has 118 valence electrons. The molecule has 0 aromatic heterocycles. The van der Waals surface area contributed by atoms with Crippen LogP contribution in [0.2, 0.25) is 0 Å². The molecule has 3 amide bonds. The molecule has 1 atom stereocenters. The van der Waals surface area contributed by atoms with Crippen LogP contribution in [-0.2, 0) is 9.59 Å². The van der Waals surface area contributed by atoms with Crippen LogP contribution in [0, 0.1) is 0 Å². The Balaban J connectivity index is 1.88. The van der Waals surface area contributed by atoms with E-state index in [1.54, 1.807) is 4.90 Å². The summed E-state index contributed by atoms with van der Waals surface area (Å²) >= 11 is 0. The van der Waals surface area contributed by atoms with E-state index in [1.165, 1.54) is 11.9 Å². The number of nitrogens with one attached hydrogen (secondary N) is 1. The average molecular weight is 305 g/mol. The first kappa shape index (κ1) is 15.8. The van der Waals surface area contributed by atoms with Crippen LogP contribution in [0.5, 0.6) is 0 Å². The van der Waals surface area contributed by atoms with Gasteiger partial charge in [0, 0.05) is 32.2 Å². The number of aliphatic carboxylic acids is 1. The number of carboxylic acid groups (broad SMARTS) is 1. The van der Waals surface area contributed by atoms with Crippen LogP contribution in [0.15, 0.2) is 30.3 Å². The Labute approximate surface area is 128 Å². The molecule has 1 aliphatic heterocycles. The zero-order valence-electron chi connectivity index (χ0n) is 12.4. The number of carboxylic acids is 1. The lowest BCUT2D eigenvalue weighted by molar-refractivity contribution is -0.137. The van der Waals surface area contributed by atoms with Crippen molar-refractivity contribution in [1.82, 2.24) is 10.2 Å². The lowest BCUT2D eigenvalue weighted by Crippen LogP contribution is -2.44. The summed E-state index contributed by atoms with van der Waals surface area (Å²) in [6.45, 7) is 0.547. The third kappa shape index (κ3) is 3.97. The third-order valence-electron chi connectivity index (χ3n) is 3.53. The summed E-state index contributed by atoms with van der Waals surface area (Å²) in [6, 6.07) is 8.65. The number of rotatable bonds is 5. The maximum absolute atomic E-state index is 12.0. The molecule has 0 radical (unpaired) electrons. The van der Waals surface area contributed by atoms with E-state index in [9.17, 15) is 14.4 Å². The molecule has 7 heteroatoms. The normalized spacial score (nSPS) is 17.4. The van der Waals surface area contributed by atoms with Crippen LogP contribution >= 0.6 is 0 Å². The van der Waals surface area contributed by atoms with E-state index in [4.69, 9.17) is 5.11 Å². The highest BCUT2D eigenvalue weighted by atomic mass is 16.4. The minimum absolute atomic E-state index is 0.0373.